The Morgan fingerprint density at radius 1 is 1.22 bits per heavy atom. The van der Waals surface area contributed by atoms with E-state index in [1.807, 2.05) is 12.3 Å². The van der Waals surface area contributed by atoms with Crippen LogP contribution in [-0.4, -0.2) is 42.0 Å². The molecule has 7 nitrogen and oxygen atoms in total. The number of nitro benzene ring substituents is 1. The fraction of sp³-hybridized carbons (Fsp3) is 0.263. The minimum Gasteiger partial charge on any atom is -0.467 e. The van der Waals surface area contributed by atoms with Crippen LogP contribution < -0.4 is 5.32 Å². The van der Waals surface area contributed by atoms with E-state index in [9.17, 15) is 19.7 Å². The molecule has 2 aromatic carbocycles. The minimum absolute atomic E-state index is 0.114. The molecule has 1 atom stereocenters. The summed E-state index contributed by atoms with van der Waals surface area (Å²) in [6, 6.07) is 12.2. The van der Waals surface area contributed by atoms with Crippen LogP contribution in [0, 0.1) is 10.1 Å². The Morgan fingerprint density at radius 2 is 1.93 bits per heavy atom. The highest BCUT2D eigenvalue weighted by molar-refractivity contribution is 7.98. The molecule has 0 fully saturated rings. The Balaban J connectivity index is 2.39. The average Bonchev–Trinajstić information content (AvgIpc) is 2.70. The third kappa shape index (κ3) is 5.30. The monoisotopic (exact) mass is 388 g/mol. The van der Waals surface area contributed by atoms with Crippen LogP contribution in [0.15, 0.2) is 48.5 Å². The van der Waals surface area contributed by atoms with Crippen LogP contribution in [0.3, 0.4) is 0 Å². The molecule has 0 spiro atoms. The number of thioether (sulfide) groups is 1. The number of rotatable bonds is 8. The van der Waals surface area contributed by atoms with Gasteiger partial charge in [0.25, 0.3) is 11.6 Å². The maximum absolute atomic E-state index is 12.8. The second kappa shape index (κ2) is 9.72. The van der Waals surface area contributed by atoms with Crippen LogP contribution in [0.2, 0.25) is 0 Å². The summed E-state index contributed by atoms with van der Waals surface area (Å²) in [7, 11) is 1.27. The number of carbonyl (C=O) groups is 2. The van der Waals surface area contributed by atoms with Crippen molar-refractivity contribution in [3.05, 3.63) is 64.2 Å². The van der Waals surface area contributed by atoms with E-state index in [0.717, 1.165) is 0 Å². The van der Waals surface area contributed by atoms with Crippen LogP contribution in [-0.2, 0) is 9.53 Å². The van der Waals surface area contributed by atoms with Crippen molar-refractivity contribution >= 4 is 29.3 Å². The van der Waals surface area contributed by atoms with E-state index < -0.39 is 22.8 Å². The number of nitrogens with zero attached hydrogens (tertiary/aromatic N) is 1. The molecule has 1 amide bonds. The molecule has 0 aliphatic rings. The molecule has 142 valence electrons. The van der Waals surface area contributed by atoms with E-state index in [0.29, 0.717) is 23.3 Å². The molecule has 0 heterocycles. The second-order valence-corrected chi connectivity index (χ2v) is 6.67. The number of methoxy groups -OCH3 is 1. The summed E-state index contributed by atoms with van der Waals surface area (Å²) in [5.74, 6) is -0.341. The topological polar surface area (TPSA) is 98.5 Å². The lowest BCUT2D eigenvalue weighted by molar-refractivity contribution is -0.384. The predicted molar refractivity (Wildman–Crippen MR) is 105 cm³/mol. The van der Waals surface area contributed by atoms with Gasteiger partial charge in [-0.05, 0) is 30.1 Å². The van der Waals surface area contributed by atoms with E-state index in [4.69, 9.17) is 4.74 Å². The third-order valence-corrected chi connectivity index (χ3v) is 4.59. The number of amides is 1. The molecular weight excluding hydrogens is 368 g/mol. The van der Waals surface area contributed by atoms with Crippen molar-refractivity contribution in [2.75, 3.05) is 19.1 Å². The number of hydrogen-bond acceptors (Lipinski definition) is 6. The Labute approximate surface area is 161 Å². The van der Waals surface area contributed by atoms with E-state index in [-0.39, 0.29) is 11.3 Å². The highest BCUT2D eigenvalue weighted by atomic mass is 32.2. The molecule has 27 heavy (non-hydrogen) atoms. The van der Waals surface area contributed by atoms with Crippen LogP contribution in [0.1, 0.15) is 16.8 Å². The fourth-order valence-electron chi connectivity index (χ4n) is 2.56. The van der Waals surface area contributed by atoms with Crippen molar-refractivity contribution in [2.24, 2.45) is 0 Å². The first-order chi connectivity index (χ1) is 13.0. The fourth-order valence-corrected chi connectivity index (χ4v) is 3.03. The Bertz CT molecular complexity index is 826. The lowest BCUT2D eigenvalue weighted by Gasteiger charge is -2.17. The maximum atomic E-state index is 12.8. The lowest BCUT2D eigenvalue weighted by atomic mass is 9.98. The lowest BCUT2D eigenvalue weighted by Crippen LogP contribution is -2.42. The first-order valence-corrected chi connectivity index (χ1v) is 9.58. The molecule has 2 aromatic rings. The van der Waals surface area contributed by atoms with Crippen molar-refractivity contribution in [3.8, 4) is 11.1 Å². The summed E-state index contributed by atoms with van der Waals surface area (Å²) in [6.07, 6.45) is 2.33. The Morgan fingerprint density at radius 3 is 2.52 bits per heavy atom. The van der Waals surface area contributed by atoms with Crippen molar-refractivity contribution in [1.29, 1.82) is 0 Å². The summed E-state index contributed by atoms with van der Waals surface area (Å²) in [4.78, 5) is 35.4. The SMILES string of the molecule is COC(=O)[C@H](CCSC)NC(=O)c1ccc([N+](=O)[O-])cc1-c1ccccc1. The molecule has 0 aliphatic carbocycles. The van der Waals surface area contributed by atoms with Gasteiger partial charge in [0.15, 0.2) is 0 Å². The maximum Gasteiger partial charge on any atom is 0.328 e. The molecule has 0 aliphatic heterocycles. The number of hydrogen-bond donors (Lipinski definition) is 1. The van der Waals surface area contributed by atoms with Gasteiger partial charge in [-0.2, -0.15) is 11.8 Å². The zero-order valence-electron chi connectivity index (χ0n) is 15.0. The normalized spacial score (nSPS) is 11.5. The molecule has 0 saturated carbocycles. The first-order valence-electron chi connectivity index (χ1n) is 8.19. The van der Waals surface area contributed by atoms with Gasteiger partial charge in [-0.1, -0.05) is 30.3 Å². The zero-order chi connectivity index (χ0) is 19.8. The number of nitro groups is 1. The molecule has 0 saturated heterocycles. The number of ether oxygens (including phenoxy) is 1. The second-order valence-electron chi connectivity index (χ2n) is 5.68. The molecule has 0 bridgehead atoms. The number of esters is 1. The number of non-ortho nitro benzene ring substituents is 1. The quantitative estimate of drug-likeness (QED) is 0.423. The van der Waals surface area contributed by atoms with Gasteiger partial charge in [0, 0.05) is 23.3 Å². The predicted octanol–water partition coefficient (Wildman–Crippen LogP) is 3.29. The van der Waals surface area contributed by atoms with Crippen LogP contribution in [0.5, 0.6) is 0 Å². The summed E-state index contributed by atoms with van der Waals surface area (Å²) in [5.41, 5.74) is 1.24. The Kier molecular flexibility index (Phi) is 7.36. The van der Waals surface area contributed by atoms with Gasteiger partial charge in [-0.15, -0.1) is 0 Å². The van der Waals surface area contributed by atoms with Crippen molar-refractivity contribution in [1.82, 2.24) is 5.32 Å². The highest BCUT2D eigenvalue weighted by Gasteiger charge is 2.24. The summed E-state index contributed by atoms with van der Waals surface area (Å²) in [5, 5.41) is 13.8. The average molecular weight is 388 g/mol. The standard InChI is InChI=1S/C19H20N2O5S/c1-26-19(23)17(10-11-27-2)20-18(22)15-9-8-14(21(24)25)12-16(15)13-6-4-3-5-7-13/h3-9,12,17H,10-11H2,1-2H3,(H,20,22)/t17-/m0/s1. The Hall–Kier alpha value is -2.87. The van der Waals surface area contributed by atoms with E-state index in [2.05, 4.69) is 5.32 Å². The van der Waals surface area contributed by atoms with E-state index in [1.54, 1.807) is 36.0 Å². The van der Waals surface area contributed by atoms with Crippen molar-refractivity contribution in [3.63, 3.8) is 0 Å². The summed E-state index contributed by atoms with van der Waals surface area (Å²) < 4.78 is 4.76. The third-order valence-electron chi connectivity index (χ3n) is 3.95. The molecular formula is C19H20N2O5S. The number of carbonyl (C=O) groups excluding carboxylic acids is 2. The van der Waals surface area contributed by atoms with Crippen LogP contribution in [0.4, 0.5) is 5.69 Å². The van der Waals surface area contributed by atoms with Gasteiger partial charge in [0.1, 0.15) is 6.04 Å². The minimum atomic E-state index is -0.784. The highest BCUT2D eigenvalue weighted by Crippen LogP contribution is 2.28. The molecule has 0 aromatic heterocycles. The number of benzene rings is 2. The van der Waals surface area contributed by atoms with Crippen molar-refractivity contribution in [2.45, 2.75) is 12.5 Å². The van der Waals surface area contributed by atoms with Crippen molar-refractivity contribution < 1.29 is 19.2 Å². The number of nitrogens with one attached hydrogen (secondary N) is 1. The van der Waals surface area contributed by atoms with Gasteiger partial charge >= 0.3 is 5.97 Å². The first kappa shape index (κ1) is 20.4. The van der Waals surface area contributed by atoms with Gasteiger partial charge in [0.2, 0.25) is 0 Å². The zero-order valence-corrected chi connectivity index (χ0v) is 15.8. The molecule has 8 heteroatoms. The van der Waals surface area contributed by atoms with Gasteiger partial charge in [0.05, 0.1) is 12.0 Å². The molecule has 0 unspecified atom stereocenters. The summed E-state index contributed by atoms with van der Waals surface area (Å²) in [6.45, 7) is 0. The largest absolute Gasteiger partial charge is 0.467 e. The summed E-state index contributed by atoms with van der Waals surface area (Å²) >= 11 is 1.55. The van der Waals surface area contributed by atoms with E-state index in [1.165, 1.54) is 25.3 Å². The molecule has 1 N–H and O–H groups in total. The smallest absolute Gasteiger partial charge is 0.328 e. The van der Waals surface area contributed by atoms with Gasteiger partial charge in [-0.25, -0.2) is 4.79 Å². The van der Waals surface area contributed by atoms with Gasteiger partial charge < -0.3 is 10.1 Å². The van der Waals surface area contributed by atoms with Crippen LogP contribution >= 0.6 is 11.8 Å². The van der Waals surface area contributed by atoms with E-state index >= 15 is 0 Å². The van der Waals surface area contributed by atoms with Gasteiger partial charge in [-0.3, -0.25) is 14.9 Å². The van der Waals surface area contributed by atoms with Crippen LogP contribution in [0.25, 0.3) is 11.1 Å². The molecule has 2 rings (SSSR count). The molecule has 0 radical (unpaired) electrons.